The van der Waals surface area contributed by atoms with Gasteiger partial charge in [0.25, 0.3) is 0 Å². The van der Waals surface area contributed by atoms with Gasteiger partial charge in [-0.1, -0.05) is 25.4 Å². The summed E-state index contributed by atoms with van der Waals surface area (Å²) < 4.78 is 7.60. The molecule has 1 N–H and O–H groups in total. The molecule has 21 heavy (non-hydrogen) atoms. The van der Waals surface area contributed by atoms with Gasteiger partial charge in [-0.15, -0.1) is 0 Å². The highest BCUT2D eigenvalue weighted by molar-refractivity contribution is 6.31. The molecule has 0 atom stereocenters. The van der Waals surface area contributed by atoms with Crippen molar-refractivity contribution in [2.75, 3.05) is 0 Å². The zero-order valence-corrected chi connectivity index (χ0v) is 13.8. The van der Waals surface area contributed by atoms with Crippen LogP contribution in [0.2, 0.25) is 5.02 Å². The van der Waals surface area contributed by atoms with Crippen LogP contribution in [0.4, 0.5) is 0 Å². The average Bonchev–Trinajstić information content (AvgIpc) is 2.65. The van der Waals surface area contributed by atoms with Gasteiger partial charge in [-0.05, 0) is 25.5 Å². The summed E-state index contributed by atoms with van der Waals surface area (Å²) in [6.45, 7) is 8.78. The zero-order valence-electron chi connectivity index (χ0n) is 13.1. The van der Waals surface area contributed by atoms with E-state index in [9.17, 15) is 0 Å². The van der Waals surface area contributed by atoms with Gasteiger partial charge in [0.1, 0.15) is 10.7 Å². The van der Waals surface area contributed by atoms with Crippen molar-refractivity contribution in [3.63, 3.8) is 0 Å². The Morgan fingerprint density at radius 3 is 2.62 bits per heavy atom. The Kier molecular flexibility index (Phi) is 4.85. The van der Waals surface area contributed by atoms with E-state index in [1.54, 1.807) is 10.9 Å². The minimum absolute atomic E-state index is 0.407. The molecule has 114 valence electrons. The summed E-state index contributed by atoms with van der Waals surface area (Å²) in [5.74, 6) is 1.11. The van der Waals surface area contributed by atoms with Gasteiger partial charge in [-0.3, -0.25) is 4.68 Å². The smallest absolute Gasteiger partial charge is 0.238 e. The van der Waals surface area contributed by atoms with Crippen LogP contribution in [0.1, 0.15) is 30.8 Å². The normalized spacial score (nSPS) is 11.2. The van der Waals surface area contributed by atoms with Gasteiger partial charge in [0.15, 0.2) is 5.75 Å². The van der Waals surface area contributed by atoms with E-state index in [-0.39, 0.29) is 0 Å². The third-order valence-electron chi connectivity index (χ3n) is 3.22. The number of aromatic nitrogens is 3. The van der Waals surface area contributed by atoms with Gasteiger partial charge < -0.3 is 10.1 Å². The van der Waals surface area contributed by atoms with Crippen molar-refractivity contribution >= 4 is 11.6 Å². The van der Waals surface area contributed by atoms with E-state index in [0.29, 0.717) is 22.7 Å². The monoisotopic (exact) mass is 308 g/mol. The lowest BCUT2D eigenvalue weighted by Gasteiger charge is -2.10. The van der Waals surface area contributed by atoms with Gasteiger partial charge >= 0.3 is 0 Å². The molecule has 0 amide bonds. The maximum absolute atomic E-state index is 6.26. The second-order valence-electron chi connectivity index (χ2n) is 5.39. The van der Waals surface area contributed by atoms with E-state index < -0.39 is 0 Å². The minimum atomic E-state index is 0.407. The lowest BCUT2D eigenvalue weighted by Crippen LogP contribution is -2.21. The highest BCUT2D eigenvalue weighted by Gasteiger charge is 2.14. The summed E-state index contributed by atoms with van der Waals surface area (Å²) in [6.07, 6.45) is 1.78. The first-order valence-corrected chi connectivity index (χ1v) is 7.32. The van der Waals surface area contributed by atoms with E-state index in [1.165, 1.54) is 0 Å². The Balaban J connectivity index is 2.17. The summed E-state index contributed by atoms with van der Waals surface area (Å²) in [4.78, 5) is 4.31. The first-order valence-electron chi connectivity index (χ1n) is 6.94. The number of pyridine rings is 1. The topological polar surface area (TPSA) is 52.0 Å². The summed E-state index contributed by atoms with van der Waals surface area (Å²) in [7, 11) is 1.88. The highest BCUT2D eigenvalue weighted by atomic mass is 35.5. The average molecular weight is 309 g/mol. The minimum Gasteiger partial charge on any atom is -0.434 e. The van der Waals surface area contributed by atoms with Crippen molar-refractivity contribution in [2.45, 2.75) is 40.3 Å². The molecule has 0 fully saturated rings. The number of hydrogen-bond acceptors (Lipinski definition) is 4. The fourth-order valence-corrected chi connectivity index (χ4v) is 2.18. The highest BCUT2D eigenvalue weighted by Crippen LogP contribution is 2.31. The number of nitrogens with zero attached hydrogens (tertiary/aromatic N) is 3. The van der Waals surface area contributed by atoms with Crippen LogP contribution >= 0.6 is 11.6 Å². The predicted molar refractivity (Wildman–Crippen MR) is 84.0 cm³/mol. The van der Waals surface area contributed by atoms with Crippen LogP contribution < -0.4 is 10.1 Å². The number of ether oxygens (including phenoxy) is 1. The Labute approximate surface area is 130 Å². The maximum Gasteiger partial charge on any atom is 0.238 e. The number of rotatable bonds is 5. The van der Waals surface area contributed by atoms with Crippen LogP contribution in [0.25, 0.3) is 0 Å². The molecule has 0 saturated heterocycles. The Morgan fingerprint density at radius 1 is 1.38 bits per heavy atom. The standard InChI is InChI=1S/C15H21ClN4O/c1-9(2)17-7-12-6-13(16)15(18-8-12)21-14-10(3)19-20(5)11(14)4/h6,8-9,17H,7H2,1-5H3. The van der Waals surface area contributed by atoms with Crippen molar-refractivity contribution in [3.8, 4) is 11.6 Å². The van der Waals surface area contributed by atoms with Crippen molar-refractivity contribution in [3.05, 3.63) is 34.2 Å². The molecule has 0 aliphatic heterocycles. The molecule has 2 aromatic rings. The van der Waals surface area contributed by atoms with E-state index in [0.717, 1.165) is 23.5 Å². The largest absolute Gasteiger partial charge is 0.434 e. The van der Waals surface area contributed by atoms with Crippen LogP contribution in [-0.2, 0) is 13.6 Å². The predicted octanol–water partition coefficient (Wildman–Crippen LogP) is 3.38. The number of halogens is 1. The molecule has 0 saturated carbocycles. The number of hydrogen-bond donors (Lipinski definition) is 1. The Morgan fingerprint density at radius 2 is 2.10 bits per heavy atom. The molecule has 0 aliphatic rings. The van der Waals surface area contributed by atoms with E-state index in [2.05, 4.69) is 29.2 Å². The van der Waals surface area contributed by atoms with Crippen molar-refractivity contribution in [2.24, 2.45) is 7.05 Å². The van der Waals surface area contributed by atoms with Gasteiger partial charge in [-0.25, -0.2) is 4.98 Å². The van der Waals surface area contributed by atoms with Gasteiger partial charge in [0.2, 0.25) is 5.88 Å². The van der Waals surface area contributed by atoms with Crippen molar-refractivity contribution < 1.29 is 4.74 Å². The zero-order chi connectivity index (χ0) is 15.6. The molecule has 0 aliphatic carbocycles. The van der Waals surface area contributed by atoms with Crippen LogP contribution in [0.3, 0.4) is 0 Å². The molecule has 0 spiro atoms. The van der Waals surface area contributed by atoms with E-state index in [1.807, 2.05) is 27.0 Å². The quantitative estimate of drug-likeness (QED) is 0.920. The molecule has 6 heteroatoms. The fraction of sp³-hybridized carbons (Fsp3) is 0.467. The number of nitrogens with one attached hydrogen (secondary N) is 1. The van der Waals surface area contributed by atoms with Gasteiger partial charge in [-0.2, -0.15) is 5.10 Å². The van der Waals surface area contributed by atoms with Crippen molar-refractivity contribution in [1.82, 2.24) is 20.1 Å². The molecule has 0 unspecified atom stereocenters. The molecule has 2 heterocycles. The second kappa shape index (κ2) is 6.45. The molecule has 2 aromatic heterocycles. The van der Waals surface area contributed by atoms with E-state index >= 15 is 0 Å². The lowest BCUT2D eigenvalue weighted by molar-refractivity contribution is 0.454. The third kappa shape index (κ3) is 3.74. The van der Waals surface area contributed by atoms with Crippen LogP contribution in [-0.4, -0.2) is 20.8 Å². The van der Waals surface area contributed by atoms with Gasteiger partial charge in [0.05, 0.1) is 5.69 Å². The van der Waals surface area contributed by atoms with Crippen molar-refractivity contribution in [1.29, 1.82) is 0 Å². The SMILES string of the molecule is Cc1nn(C)c(C)c1Oc1ncc(CNC(C)C)cc1Cl. The summed E-state index contributed by atoms with van der Waals surface area (Å²) in [6, 6.07) is 2.29. The lowest BCUT2D eigenvalue weighted by atomic mass is 10.2. The fourth-order valence-electron chi connectivity index (χ4n) is 1.96. The molecule has 0 bridgehead atoms. The van der Waals surface area contributed by atoms with Crippen LogP contribution in [0.15, 0.2) is 12.3 Å². The van der Waals surface area contributed by atoms with E-state index in [4.69, 9.17) is 16.3 Å². The first-order chi connectivity index (χ1) is 9.88. The first kappa shape index (κ1) is 15.8. The molecule has 0 radical (unpaired) electrons. The molecular weight excluding hydrogens is 288 g/mol. The van der Waals surface area contributed by atoms with Crippen LogP contribution in [0, 0.1) is 13.8 Å². The molecule has 5 nitrogen and oxygen atoms in total. The number of aryl methyl sites for hydroxylation is 2. The summed E-state index contributed by atoms with van der Waals surface area (Å²) in [5.41, 5.74) is 2.79. The Bertz CT molecular complexity index is 637. The molecule has 2 rings (SSSR count). The third-order valence-corrected chi connectivity index (χ3v) is 3.49. The molecule has 0 aromatic carbocycles. The summed E-state index contributed by atoms with van der Waals surface area (Å²) in [5, 5.41) is 8.14. The van der Waals surface area contributed by atoms with Gasteiger partial charge in [0, 0.05) is 25.8 Å². The second-order valence-corrected chi connectivity index (χ2v) is 5.80. The molecular formula is C15H21ClN4O. The Hall–Kier alpha value is -1.59. The van der Waals surface area contributed by atoms with Crippen LogP contribution in [0.5, 0.6) is 11.6 Å². The maximum atomic E-state index is 6.26. The summed E-state index contributed by atoms with van der Waals surface area (Å²) >= 11 is 6.26.